The number of nitrogens with zero attached hydrogens (tertiary/aromatic N) is 1. The van der Waals surface area contributed by atoms with E-state index < -0.39 is 6.36 Å². The molecule has 0 bridgehead atoms. The third-order valence-corrected chi connectivity index (χ3v) is 3.06. The normalized spacial score (nSPS) is 11.6. The topological polar surface area (TPSA) is 47.1 Å². The fraction of sp³-hybridized carbons (Fsp3) is 0.133. The van der Waals surface area contributed by atoms with Crippen molar-refractivity contribution in [3.05, 3.63) is 42.5 Å². The monoisotopic (exact) mass is 308 g/mol. The first-order valence-corrected chi connectivity index (χ1v) is 6.35. The number of hydrogen-bond acceptors (Lipinski definition) is 3. The van der Waals surface area contributed by atoms with E-state index >= 15 is 0 Å². The van der Waals surface area contributed by atoms with Crippen LogP contribution in [-0.4, -0.2) is 23.4 Å². The molecule has 0 radical (unpaired) electrons. The Kier molecular flexibility index (Phi) is 3.40. The van der Waals surface area contributed by atoms with Crippen molar-refractivity contribution in [2.45, 2.75) is 6.36 Å². The van der Waals surface area contributed by atoms with Gasteiger partial charge in [0.2, 0.25) is 0 Å². The highest BCUT2D eigenvalue weighted by molar-refractivity contribution is 5.81. The Labute approximate surface area is 123 Å². The van der Waals surface area contributed by atoms with E-state index in [1.165, 1.54) is 25.3 Å². The molecule has 3 aromatic rings. The number of benzene rings is 2. The molecule has 0 fully saturated rings. The Bertz CT molecular complexity index is 812. The van der Waals surface area contributed by atoms with E-state index in [1.807, 2.05) is 0 Å². The van der Waals surface area contributed by atoms with Crippen LogP contribution in [0.2, 0.25) is 0 Å². The standard InChI is InChI=1S/C15H11F3N2O2/c1-21-9-6-7-11-12(8-9)20-14(19-11)10-4-2-3-5-13(10)22-15(16,17)18/h2-8H,1H3,(H,19,20). The van der Waals surface area contributed by atoms with E-state index in [-0.39, 0.29) is 11.3 Å². The van der Waals surface area contributed by atoms with Gasteiger partial charge in [-0.3, -0.25) is 0 Å². The summed E-state index contributed by atoms with van der Waals surface area (Å²) < 4.78 is 46.6. The summed E-state index contributed by atoms with van der Waals surface area (Å²) >= 11 is 0. The molecule has 1 N–H and O–H groups in total. The van der Waals surface area contributed by atoms with Crippen LogP contribution in [0.25, 0.3) is 22.4 Å². The zero-order valence-corrected chi connectivity index (χ0v) is 11.4. The average molecular weight is 308 g/mol. The van der Waals surface area contributed by atoms with Crippen LogP contribution in [0.15, 0.2) is 42.5 Å². The first-order valence-electron chi connectivity index (χ1n) is 6.35. The van der Waals surface area contributed by atoms with Crippen LogP contribution >= 0.6 is 0 Å². The predicted octanol–water partition coefficient (Wildman–Crippen LogP) is 4.14. The Balaban J connectivity index is 2.07. The zero-order chi connectivity index (χ0) is 15.7. The number of halogens is 3. The van der Waals surface area contributed by atoms with Gasteiger partial charge in [-0.2, -0.15) is 0 Å². The maximum atomic E-state index is 12.5. The molecule has 1 aromatic heterocycles. The van der Waals surface area contributed by atoms with Crippen LogP contribution in [0.5, 0.6) is 11.5 Å². The summed E-state index contributed by atoms with van der Waals surface area (Å²) in [6.45, 7) is 0. The highest BCUT2D eigenvalue weighted by Crippen LogP contribution is 2.33. The molecule has 0 saturated heterocycles. The molecular formula is C15H11F3N2O2. The third-order valence-electron chi connectivity index (χ3n) is 3.06. The largest absolute Gasteiger partial charge is 0.573 e. The number of hydrogen-bond donors (Lipinski definition) is 1. The van der Waals surface area contributed by atoms with Crippen LogP contribution in [-0.2, 0) is 0 Å². The van der Waals surface area contributed by atoms with Crippen LogP contribution in [0.4, 0.5) is 13.2 Å². The lowest BCUT2D eigenvalue weighted by molar-refractivity contribution is -0.274. The zero-order valence-electron chi connectivity index (χ0n) is 11.4. The van der Waals surface area contributed by atoms with Crippen molar-refractivity contribution in [2.75, 3.05) is 7.11 Å². The lowest BCUT2D eigenvalue weighted by Gasteiger charge is -2.11. The molecule has 114 valence electrons. The number of methoxy groups -OCH3 is 1. The maximum absolute atomic E-state index is 12.5. The number of imidazole rings is 1. The Hall–Kier alpha value is -2.70. The van der Waals surface area contributed by atoms with Gasteiger partial charge in [-0.25, -0.2) is 4.98 Å². The summed E-state index contributed by atoms with van der Waals surface area (Å²) in [6, 6.07) is 11.0. The minimum Gasteiger partial charge on any atom is -0.497 e. The van der Waals surface area contributed by atoms with Gasteiger partial charge in [0.25, 0.3) is 0 Å². The Morgan fingerprint density at radius 3 is 2.59 bits per heavy atom. The van der Waals surface area contributed by atoms with E-state index in [0.717, 1.165) is 0 Å². The molecule has 0 aliphatic heterocycles. The number of H-pyrrole nitrogens is 1. The van der Waals surface area contributed by atoms with Crippen molar-refractivity contribution in [1.29, 1.82) is 0 Å². The minimum absolute atomic E-state index is 0.231. The molecule has 1 heterocycles. The van der Waals surface area contributed by atoms with Crippen molar-refractivity contribution in [1.82, 2.24) is 9.97 Å². The first kappa shape index (κ1) is 14.2. The van der Waals surface area contributed by atoms with Gasteiger partial charge in [-0.1, -0.05) is 12.1 Å². The van der Waals surface area contributed by atoms with Crippen molar-refractivity contribution < 1.29 is 22.6 Å². The lowest BCUT2D eigenvalue weighted by atomic mass is 10.2. The molecule has 0 spiro atoms. The molecule has 0 aliphatic carbocycles. The van der Waals surface area contributed by atoms with Gasteiger partial charge in [-0.05, 0) is 24.3 Å². The van der Waals surface area contributed by atoms with Crippen LogP contribution in [0.3, 0.4) is 0 Å². The summed E-state index contributed by atoms with van der Waals surface area (Å²) in [5.74, 6) is 0.617. The van der Waals surface area contributed by atoms with Crippen LogP contribution < -0.4 is 9.47 Å². The predicted molar refractivity (Wildman–Crippen MR) is 74.8 cm³/mol. The van der Waals surface area contributed by atoms with Crippen molar-refractivity contribution in [2.24, 2.45) is 0 Å². The highest BCUT2D eigenvalue weighted by Gasteiger charge is 2.32. The van der Waals surface area contributed by atoms with E-state index in [2.05, 4.69) is 14.7 Å². The molecule has 0 saturated carbocycles. The molecule has 2 aromatic carbocycles. The third kappa shape index (κ3) is 2.83. The number of nitrogens with one attached hydrogen (secondary N) is 1. The molecule has 0 unspecified atom stereocenters. The number of para-hydroxylation sites is 1. The Morgan fingerprint density at radius 1 is 1.09 bits per heavy atom. The molecule has 3 rings (SSSR count). The smallest absolute Gasteiger partial charge is 0.497 e. The number of alkyl halides is 3. The van der Waals surface area contributed by atoms with Gasteiger partial charge in [0.05, 0.1) is 23.7 Å². The number of ether oxygens (including phenoxy) is 2. The molecule has 7 heteroatoms. The van der Waals surface area contributed by atoms with E-state index in [4.69, 9.17) is 4.74 Å². The second-order valence-electron chi connectivity index (χ2n) is 4.51. The fourth-order valence-electron chi connectivity index (χ4n) is 2.12. The van der Waals surface area contributed by atoms with Crippen LogP contribution in [0.1, 0.15) is 0 Å². The number of aromatic amines is 1. The number of fused-ring (bicyclic) bond motifs is 1. The lowest BCUT2D eigenvalue weighted by Crippen LogP contribution is -2.17. The number of aromatic nitrogens is 2. The molecule has 0 aliphatic rings. The molecular weight excluding hydrogens is 297 g/mol. The second kappa shape index (κ2) is 5.25. The Morgan fingerprint density at radius 2 is 1.86 bits per heavy atom. The summed E-state index contributed by atoms with van der Waals surface area (Å²) in [5.41, 5.74) is 1.52. The summed E-state index contributed by atoms with van der Waals surface area (Å²) in [5, 5.41) is 0. The van der Waals surface area contributed by atoms with E-state index in [0.29, 0.717) is 22.6 Å². The van der Waals surface area contributed by atoms with Crippen molar-refractivity contribution in [3.8, 4) is 22.9 Å². The minimum atomic E-state index is -4.76. The molecule has 22 heavy (non-hydrogen) atoms. The highest BCUT2D eigenvalue weighted by atomic mass is 19.4. The maximum Gasteiger partial charge on any atom is 0.573 e. The van der Waals surface area contributed by atoms with E-state index in [9.17, 15) is 13.2 Å². The van der Waals surface area contributed by atoms with Gasteiger partial charge < -0.3 is 14.5 Å². The van der Waals surface area contributed by atoms with Crippen molar-refractivity contribution >= 4 is 11.0 Å². The van der Waals surface area contributed by atoms with Crippen LogP contribution in [0, 0.1) is 0 Å². The van der Waals surface area contributed by atoms with Gasteiger partial charge in [0.15, 0.2) is 0 Å². The quantitative estimate of drug-likeness (QED) is 0.791. The van der Waals surface area contributed by atoms with E-state index in [1.54, 1.807) is 24.3 Å². The summed E-state index contributed by atoms with van der Waals surface area (Å²) in [6.07, 6.45) is -4.76. The van der Waals surface area contributed by atoms with Gasteiger partial charge in [0, 0.05) is 6.07 Å². The summed E-state index contributed by atoms with van der Waals surface area (Å²) in [7, 11) is 1.53. The van der Waals surface area contributed by atoms with Gasteiger partial charge >= 0.3 is 6.36 Å². The van der Waals surface area contributed by atoms with Gasteiger partial charge in [0.1, 0.15) is 17.3 Å². The molecule has 0 amide bonds. The SMILES string of the molecule is COc1ccc2nc(-c3ccccc3OC(F)(F)F)[nH]c2c1. The van der Waals surface area contributed by atoms with Crippen molar-refractivity contribution in [3.63, 3.8) is 0 Å². The number of rotatable bonds is 3. The average Bonchev–Trinajstić information content (AvgIpc) is 2.88. The fourth-order valence-corrected chi connectivity index (χ4v) is 2.12. The molecule has 0 atom stereocenters. The molecule has 4 nitrogen and oxygen atoms in total. The first-order chi connectivity index (χ1) is 10.5. The second-order valence-corrected chi connectivity index (χ2v) is 4.51. The summed E-state index contributed by atoms with van der Waals surface area (Å²) in [4.78, 5) is 7.26. The van der Waals surface area contributed by atoms with Gasteiger partial charge in [-0.15, -0.1) is 13.2 Å².